The van der Waals surface area contributed by atoms with E-state index < -0.39 is 11.5 Å². The maximum Gasteiger partial charge on any atom is 0.268 e. The molecule has 0 spiro atoms. The number of pyridine rings is 1. The van der Waals surface area contributed by atoms with Gasteiger partial charge >= 0.3 is 0 Å². The zero-order chi connectivity index (χ0) is 23.9. The lowest BCUT2D eigenvalue weighted by molar-refractivity contribution is 0.0909. The van der Waals surface area contributed by atoms with E-state index in [1.807, 2.05) is 45.9 Å². The quantitative estimate of drug-likeness (QED) is 0.623. The number of benzene rings is 2. The van der Waals surface area contributed by atoms with Gasteiger partial charge in [0.25, 0.3) is 11.5 Å². The molecule has 1 amide bonds. The molecule has 170 valence electrons. The van der Waals surface area contributed by atoms with E-state index >= 15 is 0 Å². The fourth-order valence-corrected chi connectivity index (χ4v) is 4.42. The second-order valence-electron chi connectivity index (χ2n) is 9.47. The second kappa shape index (κ2) is 8.35. The van der Waals surface area contributed by atoms with Crippen LogP contribution in [0.15, 0.2) is 53.3 Å². The van der Waals surface area contributed by atoms with Gasteiger partial charge in [0.05, 0.1) is 7.11 Å². The summed E-state index contributed by atoms with van der Waals surface area (Å²) in [6, 6.07) is 14.2. The summed E-state index contributed by atoms with van der Waals surface area (Å²) < 4.78 is 6.74. The third kappa shape index (κ3) is 4.33. The molecule has 1 aliphatic rings. The van der Waals surface area contributed by atoms with Gasteiger partial charge in [-0.05, 0) is 67.6 Å². The minimum atomic E-state index is -0.533. The third-order valence-corrected chi connectivity index (χ3v) is 6.09. The summed E-state index contributed by atoms with van der Waals surface area (Å²) >= 11 is 0. The van der Waals surface area contributed by atoms with Crippen molar-refractivity contribution in [1.29, 1.82) is 0 Å². The molecule has 0 aliphatic heterocycles. The summed E-state index contributed by atoms with van der Waals surface area (Å²) in [4.78, 5) is 39.9. The Balaban J connectivity index is 1.88. The Morgan fingerprint density at radius 2 is 1.70 bits per heavy atom. The van der Waals surface area contributed by atoms with E-state index in [-0.39, 0.29) is 16.8 Å². The van der Waals surface area contributed by atoms with E-state index in [2.05, 4.69) is 5.32 Å². The highest BCUT2D eigenvalue weighted by atomic mass is 16.5. The van der Waals surface area contributed by atoms with Crippen LogP contribution < -0.4 is 15.6 Å². The van der Waals surface area contributed by atoms with E-state index in [4.69, 9.17) is 4.74 Å². The molecule has 1 N–H and O–H groups in total. The van der Waals surface area contributed by atoms with Crippen molar-refractivity contribution < 1.29 is 14.3 Å². The summed E-state index contributed by atoms with van der Waals surface area (Å²) in [5.74, 6) is 0.0551. The van der Waals surface area contributed by atoms with Crippen LogP contribution in [0.25, 0.3) is 5.69 Å². The highest BCUT2D eigenvalue weighted by molar-refractivity contribution is 6.07. The van der Waals surface area contributed by atoms with E-state index in [0.29, 0.717) is 41.2 Å². The number of anilines is 1. The molecule has 33 heavy (non-hydrogen) atoms. The number of ether oxygens (including phenoxy) is 1. The average molecular weight is 445 g/mol. The van der Waals surface area contributed by atoms with Crippen LogP contribution in [0.1, 0.15) is 57.8 Å². The summed E-state index contributed by atoms with van der Waals surface area (Å²) in [6.07, 6.45) is 0.910. The molecule has 6 nitrogen and oxygen atoms in total. The highest BCUT2D eigenvalue weighted by Crippen LogP contribution is 2.35. The number of Topliss-reactive ketones (excluding diaryl/α,β-unsaturated/α-hetero) is 1. The van der Waals surface area contributed by atoms with Gasteiger partial charge < -0.3 is 10.1 Å². The number of nitrogens with one attached hydrogen (secondary N) is 1. The van der Waals surface area contributed by atoms with E-state index in [1.54, 1.807) is 31.4 Å². The van der Waals surface area contributed by atoms with Crippen molar-refractivity contribution in [2.45, 2.75) is 40.5 Å². The van der Waals surface area contributed by atoms with Crippen molar-refractivity contribution in [3.05, 3.63) is 86.8 Å². The van der Waals surface area contributed by atoms with Crippen LogP contribution in [-0.2, 0) is 6.42 Å². The van der Waals surface area contributed by atoms with Gasteiger partial charge in [-0.15, -0.1) is 0 Å². The summed E-state index contributed by atoms with van der Waals surface area (Å²) in [6.45, 7) is 7.90. The molecule has 1 aromatic heterocycles. The maximum atomic E-state index is 13.6. The fourth-order valence-electron chi connectivity index (χ4n) is 4.42. The lowest BCUT2D eigenvalue weighted by Gasteiger charge is -2.32. The zero-order valence-electron chi connectivity index (χ0n) is 19.6. The lowest BCUT2D eigenvalue weighted by Crippen LogP contribution is -2.37. The van der Waals surface area contributed by atoms with Crippen LogP contribution in [-0.4, -0.2) is 23.4 Å². The molecule has 0 saturated heterocycles. The fraction of sp³-hybridized carbons (Fsp3) is 0.296. The molecule has 0 atom stereocenters. The molecule has 0 unspecified atom stereocenters. The minimum Gasteiger partial charge on any atom is -0.497 e. The molecule has 0 saturated carbocycles. The number of hydrogen-bond donors (Lipinski definition) is 1. The molecule has 2 aromatic carbocycles. The van der Waals surface area contributed by atoms with Crippen LogP contribution in [0.2, 0.25) is 0 Å². The largest absolute Gasteiger partial charge is 0.497 e. The Morgan fingerprint density at radius 3 is 2.33 bits per heavy atom. The Hall–Kier alpha value is -3.67. The monoisotopic (exact) mass is 444 g/mol. The van der Waals surface area contributed by atoms with Crippen LogP contribution in [0.5, 0.6) is 5.75 Å². The summed E-state index contributed by atoms with van der Waals surface area (Å²) in [7, 11) is 1.57. The van der Waals surface area contributed by atoms with E-state index in [0.717, 1.165) is 11.1 Å². The van der Waals surface area contributed by atoms with Crippen LogP contribution >= 0.6 is 0 Å². The van der Waals surface area contributed by atoms with Gasteiger partial charge in [-0.3, -0.25) is 19.0 Å². The average Bonchev–Trinajstić information content (AvgIpc) is 2.75. The first kappa shape index (κ1) is 22.5. The first-order valence-corrected chi connectivity index (χ1v) is 10.9. The molecule has 0 bridgehead atoms. The van der Waals surface area contributed by atoms with Crippen molar-refractivity contribution >= 4 is 17.4 Å². The Morgan fingerprint density at radius 1 is 1.00 bits per heavy atom. The first-order valence-electron chi connectivity index (χ1n) is 10.9. The number of ketones is 1. The lowest BCUT2D eigenvalue weighted by atomic mass is 9.75. The van der Waals surface area contributed by atoms with E-state index in [9.17, 15) is 14.4 Å². The zero-order valence-corrected chi connectivity index (χ0v) is 19.6. The molecule has 1 heterocycles. The van der Waals surface area contributed by atoms with Gasteiger partial charge in [0.2, 0.25) is 0 Å². The van der Waals surface area contributed by atoms with Crippen molar-refractivity contribution in [2.75, 3.05) is 12.4 Å². The van der Waals surface area contributed by atoms with Gasteiger partial charge in [0.1, 0.15) is 11.3 Å². The second-order valence-corrected chi connectivity index (χ2v) is 9.47. The Bertz CT molecular complexity index is 1320. The molecule has 0 radical (unpaired) electrons. The molecule has 3 aromatic rings. The number of carbonyl (C=O) groups excluding carboxylic acids is 2. The Labute approximate surface area is 193 Å². The smallest absolute Gasteiger partial charge is 0.268 e. The van der Waals surface area contributed by atoms with Gasteiger partial charge in [-0.25, -0.2) is 0 Å². The number of rotatable bonds is 4. The predicted molar refractivity (Wildman–Crippen MR) is 129 cm³/mol. The number of carbonyl (C=O) groups is 2. The number of amides is 1. The number of methoxy groups -OCH3 is 1. The topological polar surface area (TPSA) is 77.4 Å². The van der Waals surface area contributed by atoms with Crippen molar-refractivity contribution in [1.82, 2.24) is 4.57 Å². The SMILES string of the molecule is COc1ccc(-n2c3c(cc(C(=O)Nc4ccc(C)cc4C)c2=O)C(=O)CC(C)(C)C3)cc1. The molecule has 6 heteroatoms. The van der Waals surface area contributed by atoms with Crippen LogP contribution in [0.4, 0.5) is 5.69 Å². The molecule has 4 rings (SSSR count). The molecular formula is C27H28N2O4. The number of aromatic nitrogens is 1. The van der Waals surface area contributed by atoms with Gasteiger partial charge in [0.15, 0.2) is 5.78 Å². The number of fused-ring (bicyclic) bond motifs is 1. The minimum absolute atomic E-state index is 0.0578. The standard InChI is InChI=1S/C27H28N2O4/c1-16-6-11-22(17(2)12-16)28-25(31)21-13-20-23(14-27(3,4)15-24(20)30)29(26(21)32)18-7-9-19(33-5)10-8-18/h6-13H,14-15H2,1-5H3,(H,28,31). The molecule has 0 fully saturated rings. The first-order chi connectivity index (χ1) is 15.6. The number of nitrogens with zero attached hydrogens (tertiary/aromatic N) is 1. The van der Waals surface area contributed by atoms with Crippen LogP contribution in [0, 0.1) is 19.3 Å². The predicted octanol–water partition coefficient (Wildman–Crippen LogP) is 4.87. The maximum absolute atomic E-state index is 13.6. The molecule has 1 aliphatic carbocycles. The molecular weight excluding hydrogens is 416 g/mol. The van der Waals surface area contributed by atoms with Gasteiger partial charge in [-0.1, -0.05) is 31.5 Å². The van der Waals surface area contributed by atoms with Gasteiger partial charge in [0, 0.05) is 29.1 Å². The Kier molecular flexibility index (Phi) is 5.70. The van der Waals surface area contributed by atoms with Gasteiger partial charge in [-0.2, -0.15) is 0 Å². The van der Waals surface area contributed by atoms with Crippen molar-refractivity contribution in [2.24, 2.45) is 5.41 Å². The van der Waals surface area contributed by atoms with E-state index in [1.165, 1.54) is 10.6 Å². The van der Waals surface area contributed by atoms with Crippen LogP contribution in [0.3, 0.4) is 0 Å². The number of hydrogen-bond acceptors (Lipinski definition) is 4. The van der Waals surface area contributed by atoms with Crippen molar-refractivity contribution in [3.63, 3.8) is 0 Å². The summed E-state index contributed by atoms with van der Waals surface area (Å²) in [5.41, 5.74) is 3.46. The highest BCUT2D eigenvalue weighted by Gasteiger charge is 2.35. The summed E-state index contributed by atoms with van der Waals surface area (Å²) in [5, 5.41) is 2.85. The van der Waals surface area contributed by atoms with Crippen molar-refractivity contribution in [3.8, 4) is 11.4 Å². The third-order valence-electron chi connectivity index (χ3n) is 6.09. The number of aryl methyl sites for hydroxylation is 2. The normalized spacial score (nSPS) is 14.5.